The molecular formula is C14H19N3O3S. The molecule has 6 nitrogen and oxygen atoms in total. The van der Waals surface area contributed by atoms with Crippen LogP contribution in [0.5, 0.6) is 0 Å². The summed E-state index contributed by atoms with van der Waals surface area (Å²) in [6.07, 6.45) is 4.33. The summed E-state index contributed by atoms with van der Waals surface area (Å²) in [5.41, 5.74) is 1.00. The largest absolute Gasteiger partial charge is 0.322 e. The molecule has 21 heavy (non-hydrogen) atoms. The topological polar surface area (TPSA) is 78.5 Å². The van der Waals surface area contributed by atoms with Gasteiger partial charge in [-0.15, -0.1) is 13.2 Å². The van der Waals surface area contributed by atoms with Crippen LogP contribution in [-0.2, 0) is 10.0 Å². The molecule has 0 radical (unpaired) electrons. The van der Waals surface area contributed by atoms with E-state index in [1.807, 2.05) is 0 Å². The fourth-order valence-corrected chi connectivity index (χ4v) is 2.15. The Labute approximate surface area is 125 Å². The predicted octanol–water partition coefficient (Wildman–Crippen LogP) is 2.26. The monoisotopic (exact) mass is 309 g/mol. The van der Waals surface area contributed by atoms with Crippen LogP contribution in [0.25, 0.3) is 0 Å². The van der Waals surface area contributed by atoms with Crippen LogP contribution < -0.4 is 10.0 Å². The van der Waals surface area contributed by atoms with Crippen molar-refractivity contribution in [2.45, 2.75) is 0 Å². The molecule has 114 valence electrons. The fraction of sp³-hybridized carbons (Fsp3) is 0.214. The van der Waals surface area contributed by atoms with Gasteiger partial charge in [0.1, 0.15) is 0 Å². The summed E-state index contributed by atoms with van der Waals surface area (Å²) < 4.78 is 24.5. The maximum Gasteiger partial charge on any atom is 0.322 e. The highest BCUT2D eigenvalue weighted by molar-refractivity contribution is 7.92. The van der Waals surface area contributed by atoms with Crippen molar-refractivity contribution >= 4 is 27.4 Å². The molecule has 0 saturated carbocycles. The van der Waals surface area contributed by atoms with Crippen molar-refractivity contribution < 1.29 is 13.2 Å². The SMILES string of the molecule is C=CCN(CC=C)C(=O)Nc1ccc(NS(C)(=O)=O)cc1. The molecule has 1 aromatic carbocycles. The zero-order valence-corrected chi connectivity index (χ0v) is 12.7. The first-order chi connectivity index (χ1) is 9.85. The number of benzene rings is 1. The van der Waals surface area contributed by atoms with Gasteiger partial charge in [-0.1, -0.05) is 12.2 Å². The lowest BCUT2D eigenvalue weighted by atomic mass is 10.3. The minimum Gasteiger partial charge on any atom is -0.317 e. The molecule has 1 rings (SSSR count). The second-order valence-corrected chi connectivity index (χ2v) is 6.11. The van der Waals surface area contributed by atoms with Crippen LogP contribution in [-0.4, -0.2) is 38.7 Å². The van der Waals surface area contributed by atoms with E-state index in [1.165, 1.54) is 4.90 Å². The average Bonchev–Trinajstić information content (AvgIpc) is 2.39. The van der Waals surface area contributed by atoms with Gasteiger partial charge in [0.25, 0.3) is 0 Å². The minimum atomic E-state index is -3.31. The summed E-state index contributed by atoms with van der Waals surface area (Å²) in [7, 11) is -3.31. The number of hydrogen-bond donors (Lipinski definition) is 2. The summed E-state index contributed by atoms with van der Waals surface area (Å²) in [5.74, 6) is 0. The quantitative estimate of drug-likeness (QED) is 0.758. The maximum absolute atomic E-state index is 12.0. The molecule has 0 unspecified atom stereocenters. The lowest BCUT2D eigenvalue weighted by molar-refractivity contribution is 0.222. The lowest BCUT2D eigenvalue weighted by Crippen LogP contribution is -2.35. The molecular weight excluding hydrogens is 290 g/mol. The van der Waals surface area contributed by atoms with Gasteiger partial charge >= 0.3 is 6.03 Å². The molecule has 0 bridgehead atoms. The Morgan fingerprint density at radius 1 is 1.14 bits per heavy atom. The Morgan fingerprint density at radius 3 is 2.05 bits per heavy atom. The summed E-state index contributed by atoms with van der Waals surface area (Å²) in [6.45, 7) is 8.01. The van der Waals surface area contributed by atoms with Crippen molar-refractivity contribution in [2.24, 2.45) is 0 Å². The molecule has 1 aromatic rings. The average molecular weight is 309 g/mol. The second kappa shape index (κ2) is 7.49. The molecule has 0 spiro atoms. The lowest BCUT2D eigenvalue weighted by Gasteiger charge is -2.19. The molecule has 0 aliphatic heterocycles. The van der Waals surface area contributed by atoms with Gasteiger partial charge in [0, 0.05) is 24.5 Å². The van der Waals surface area contributed by atoms with Crippen LogP contribution in [0, 0.1) is 0 Å². The number of amides is 2. The zero-order valence-electron chi connectivity index (χ0n) is 11.9. The maximum atomic E-state index is 12.0. The van der Waals surface area contributed by atoms with Gasteiger partial charge in [-0.3, -0.25) is 4.72 Å². The second-order valence-electron chi connectivity index (χ2n) is 4.36. The highest BCUT2D eigenvalue weighted by atomic mass is 32.2. The van der Waals surface area contributed by atoms with Crippen molar-refractivity contribution in [3.8, 4) is 0 Å². The number of nitrogens with zero attached hydrogens (tertiary/aromatic N) is 1. The number of hydrogen-bond acceptors (Lipinski definition) is 3. The number of urea groups is 1. The number of carbonyl (C=O) groups excluding carboxylic acids is 1. The number of anilines is 2. The molecule has 2 amide bonds. The zero-order chi connectivity index (χ0) is 15.9. The summed E-state index contributed by atoms with van der Waals surface area (Å²) in [4.78, 5) is 13.5. The molecule has 0 fully saturated rings. The highest BCUT2D eigenvalue weighted by Gasteiger charge is 2.10. The minimum absolute atomic E-state index is 0.279. The van der Waals surface area contributed by atoms with Crippen molar-refractivity contribution in [1.29, 1.82) is 0 Å². The first-order valence-corrected chi connectivity index (χ1v) is 8.10. The molecule has 0 aliphatic carbocycles. The van der Waals surface area contributed by atoms with Gasteiger partial charge in [-0.25, -0.2) is 13.2 Å². The van der Waals surface area contributed by atoms with Gasteiger partial charge in [0.2, 0.25) is 10.0 Å². The van der Waals surface area contributed by atoms with Crippen molar-refractivity contribution in [3.63, 3.8) is 0 Å². The third kappa shape index (κ3) is 6.13. The van der Waals surface area contributed by atoms with Crippen molar-refractivity contribution in [3.05, 3.63) is 49.6 Å². The molecule has 0 heterocycles. The van der Waals surface area contributed by atoms with Crippen LogP contribution in [0.15, 0.2) is 49.6 Å². The van der Waals surface area contributed by atoms with E-state index in [0.717, 1.165) is 6.26 Å². The van der Waals surface area contributed by atoms with E-state index in [0.29, 0.717) is 24.5 Å². The van der Waals surface area contributed by atoms with E-state index in [2.05, 4.69) is 23.2 Å². The Hall–Kier alpha value is -2.28. The van der Waals surface area contributed by atoms with E-state index in [9.17, 15) is 13.2 Å². The van der Waals surface area contributed by atoms with Gasteiger partial charge in [-0.05, 0) is 24.3 Å². The summed E-state index contributed by atoms with van der Waals surface area (Å²) >= 11 is 0. The fourth-order valence-electron chi connectivity index (χ4n) is 1.59. The molecule has 2 N–H and O–H groups in total. The van der Waals surface area contributed by atoms with Crippen LogP contribution in [0.4, 0.5) is 16.2 Å². The number of rotatable bonds is 7. The van der Waals surface area contributed by atoms with Crippen LogP contribution in [0.1, 0.15) is 0 Å². The van der Waals surface area contributed by atoms with Gasteiger partial charge in [0.15, 0.2) is 0 Å². The molecule has 0 aliphatic rings. The standard InChI is InChI=1S/C14H19N3O3S/c1-4-10-17(11-5-2)14(18)15-12-6-8-13(9-7-12)16-21(3,19)20/h4-9,16H,1-2,10-11H2,3H3,(H,15,18). The molecule has 0 atom stereocenters. The molecule has 0 aromatic heterocycles. The third-order valence-corrected chi connectivity index (χ3v) is 3.03. The van der Waals surface area contributed by atoms with E-state index >= 15 is 0 Å². The molecule has 7 heteroatoms. The van der Waals surface area contributed by atoms with Crippen molar-refractivity contribution in [1.82, 2.24) is 4.90 Å². The number of carbonyl (C=O) groups is 1. The number of sulfonamides is 1. The van der Waals surface area contributed by atoms with E-state index in [4.69, 9.17) is 0 Å². The number of nitrogens with one attached hydrogen (secondary N) is 2. The van der Waals surface area contributed by atoms with E-state index < -0.39 is 10.0 Å². The third-order valence-electron chi connectivity index (χ3n) is 2.43. The smallest absolute Gasteiger partial charge is 0.317 e. The Kier molecular flexibility index (Phi) is 5.98. The van der Waals surface area contributed by atoms with Crippen LogP contribution in [0.3, 0.4) is 0 Å². The Morgan fingerprint density at radius 2 is 1.62 bits per heavy atom. The van der Waals surface area contributed by atoms with Gasteiger partial charge in [0.05, 0.1) is 6.26 Å². The van der Waals surface area contributed by atoms with Crippen molar-refractivity contribution in [2.75, 3.05) is 29.4 Å². The Balaban J connectivity index is 2.72. The summed E-state index contributed by atoms with van der Waals surface area (Å²) in [5, 5.41) is 2.72. The van der Waals surface area contributed by atoms with Gasteiger partial charge < -0.3 is 10.2 Å². The Bertz CT molecular complexity index is 599. The normalized spacial score (nSPS) is 10.5. The predicted molar refractivity (Wildman–Crippen MR) is 85.9 cm³/mol. The highest BCUT2D eigenvalue weighted by Crippen LogP contribution is 2.15. The first kappa shape index (κ1) is 16.8. The molecule has 0 saturated heterocycles. The first-order valence-electron chi connectivity index (χ1n) is 6.21. The van der Waals surface area contributed by atoms with Crippen LogP contribution >= 0.6 is 0 Å². The van der Waals surface area contributed by atoms with Gasteiger partial charge in [-0.2, -0.15) is 0 Å². The van der Waals surface area contributed by atoms with E-state index in [-0.39, 0.29) is 6.03 Å². The van der Waals surface area contributed by atoms with E-state index in [1.54, 1.807) is 36.4 Å². The van der Waals surface area contributed by atoms with Crippen LogP contribution in [0.2, 0.25) is 0 Å². The summed E-state index contributed by atoms with van der Waals surface area (Å²) in [6, 6.07) is 6.10.